The fraction of sp³-hybridized carbons (Fsp3) is 1.00. The molecule has 0 amide bonds. The Balaban J connectivity index is 2.77. The SMILES string of the molecule is CCCCCCOP(S)S. The predicted molar refractivity (Wildman–Crippen MR) is 55.0 cm³/mol. The molecule has 0 unspecified atom stereocenters. The molecule has 62 valence electrons. The van der Waals surface area contributed by atoms with Gasteiger partial charge in [-0.3, -0.25) is 0 Å². The molecule has 0 heterocycles. The smallest absolute Gasteiger partial charge is 0.145 e. The summed E-state index contributed by atoms with van der Waals surface area (Å²) in [5.74, 6) is 0. The molecule has 0 saturated heterocycles. The van der Waals surface area contributed by atoms with Crippen LogP contribution < -0.4 is 0 Å². The normalized spacial score (nSPS) is 10.8. The predicted octanol–water partition coefficient (Wildman–Crippen LogP) is 3.67. The molecule has 0 aliphatic rings. The van der Waals surface area contributed by atoms with Crippen molar-refractivity contribution in [2.24, 2.45) is 0 Å². The summed E-state index contributed by atoms with van der Waals surface area (Å²) in [7, 11) is 0. The topological polar surface area (TPSA) is 9.23 Å². The van der Waals surface area contributed by atoms with E-state index >= 15 is 0 Å². The highest BCUT2D eigenvalue weighted by Gasteiger charge is 1.93. The summed E-state index contributed by atoms with van der Waals surface area (Å²) in [5.41, 5.74) is 0. The summed E-state index contributed by atoms with van der Waals surface area (Å²) in [6.45, 7) is 2.29. The second-order valence-electron chi connectivity index (χ2n) is 2.15. The first-order chi connectivity index (χ1) is 4.77. The maximum atomic E-state index is 5.18. The zero-order valence-corrected chi connectivity index (χ0v) is 8.97. The first-order valence-electron chi connectivity index (χ1n) is 3.58. The average molecular weight is 198 g/mol. The van der Waals surface area contributed by atoms with Gasteiger partial charge in [-0.25, -0.2) is 0 Å². The minimum absolute atomic E-state index is 0.732. The van der Waals surface area contributed by atoms with Crippen LogP contribution in [0.3, 0.4) is 0 Å². The maximum absolute atomic E-state index is 5.18. The van der Waals surface area contributed by atoms with Gasteiger partial charge in [0, 0.05) is 0 Å². The van der Waals surface area contributed by atoms with Crippen LogP contribution in [0.4, 0.5) is 0 Å². The van der Waals surface area contributed by atoms with Crippen LogP contribution in [-0.2, 0) is 4.52 Å². The van der Waals surface area contributed by atoms with E-state index in [2.05, 4.69) is 31.4 Å². The molecule has 0 rings (SSSR count). The van der Waals surface area contributed by atoms with Crippen molar-refractivity contribution < 1.29 is 4.52 Å². The molecule has 0 fully saturated rings. The highest BCUT2D eigenvalue weighted by Crippen LogP contribution is 2.46. The van der Waals surface area contributed by atoms with E-state index < -0.39 is 6.55 Å². The molecule has 0 aliphatic heterocycles. The van der Waals surface area contributed by atoms with Crippen LogP contribution >= 0.6 is 31.0 Å². The quantitative estimate of drug-likeness (QED) is 0.376. The Kier molecular flexibility index (Phi) is 9.08. The van der Waals surface area contributed by atoms with E-state index in [0.717, 1.165) is 13.0 Å². The van der Waals surface area contributed by atoms with E-state index in [4.69, 9.17) is 4.52 Å². The van der Waals surface area contributed by atoms with Crippen molar-refractivity contribution in [3.63, 3.8) is 0 Å². The molecule has 0 aromatic rings. The standard InChI is InChI=1S/C6H15OPS2/c1-2-3-4-5-6-7-8(9)10/h9-10H,2-6H2,1H3. The molecular formula is C6H15OPS2. The Morgan fingerprint density at radius 3 is 2.40 bits per heavy atom. The molecule has 0 aliphatic carbocycles. The summed E-state index contributed by atoms with van der Waals surface area (Å²) < 4.78 is 5.18. The van der Waals surface area contributed by atoms with Gasteiger partial charge >= 0.3 is 0 Å². The fourth-order valence-electron chi connectivity index (χ4n) is 0.675. The minimum atomic E-state index is -0.732. The van der Waals surface area contributed by atoms with Crippen LogP contribution in [0.5, 0.6) is 0 Å². The molecule has 10 heavy (non-hydrogen) atoms. The second-order valence-corrected chi connectivity index (χ2v) is 6.04. The van der Waals surface area contributed by atoms with E-state index in [0.29, 0.717) is 0 Å². The molecule has 0 spiro atoms. The zero-order chi connectivity index (χ0) is 7.82. The molecule has 0 N–H and O–H groups in total. The maximum Gasteiger partial charge on any atom is 0.145 e. The number of thiol groups is 2. The van der Waals surface area contributed by atoms with Crippen LogP contribution in [0, 0.1) is 0 Å². The van der Waals surface area contributed by atoms with Gasteiger partial charge in [0.05, 0.1) is 6.61 Å². The average Bonchev–Trinajstić information content (AvgIpc) is 1.87. The van der Waals surface area contributed by atoms with Crippen molar-refractivity contribution in [1.82, 2.24) is 0 Å². The number of hydrogen-bond donors (Lipinski definition) is 2. The highest BCUT2D eigenvalue weighted by atomic mass is 33.1. The van der Waals surface area contributed by atoms with Crippen molar-refractivity contribution >= 4 is 31.0 Å². The van der Waals surface area contributed by atoms with E-state index in [-0.39, 0.29) is 0 Å². The van der Waals surface area contributed by atoms with E-state index in [1.54, 1.807) is 0 Å². The molecule has 0 radical (unpaired) electrons. The van der Waals surface area contributed by atoms with Gasteiger partial charge in [-0.15, -0.1) is 24.5 Å². The Bertz CT molecular complexity index is 70.8. The Morgan fingerprint density at radius 1 is 1.20 bits per heavy atom. The summed E-state index contributed by atoms with van der Waals surface area (Å²) in [6, 6.07) is 0. The lowest BCUT2D eigenvalue weighted by Crippen LogP contribution is -1.85. The second kappa shape index (κ2) is 8.19. The third kappa shape index (κ3) is 9.09. The van der Waals surface area contributed by atoms with Crippen molar-refractivity contribution in [3.05, 3.63) is 0 Å². The molecule has 0 saturated carbocycles. The summed E-state index contributed by atoms with van der Waals surface area (Å²) in [4.78, 5) is 0. The Hall–Kier alpha value is 1.09. The molecular weight excluding hydrogens is 183 g/mol. The van der Waals surface area contributed by atoms with Crippen molar-refractivity contribution in [3.8, 4) is 0 Å². The molecule has 0 atom stereocenters. The minimum Gasteiger partial charge on any atom is -0.339 e. The van der Waals surface area contributed by atoms with Crippen molar-refractivity contribution in [2.45, 2.75) is 32.6 Å². The number of unbranched alkanes of at least 4 members (excludes halogenated alkanes) is 3. The molecule has 4 heteroatoms. The fourth-order valence-corrected chi connectivity index (χ4v) is 1.46. The van der Waals surface area contributed by atoms with Gasteiger partial charge in [0.1, 0.15) is 6.55 Å². The monoisotopic (exact) mass is 198 g/mol. The van der Waals surface area contributed by atoms with Crippen LogP contribution in [0.2, 0.25) is 0 Å². The number of hydrogen-bond acceptors (Lipinski definition) is 3. The largest absolute Gasteiger partial charge is 0.339 e. The van der Waals surface area contributed by atoms with E-state index in [1.807, 2.05) is 0 Å². The molecule has 0 bridgehead atoms. The van der Waals surface area contributed by atoms with Gasteiger partial charge in [0.25, 0.3) is 0 Å². The van der Waals surface area contributed by atoms with Crippen LogP contribution in [0.25, 0.3) is 0 Å². The Labute approximate surface area is 75.1 Å². The zero-order valence-electron chi connectivity index (χ0n) is 6.29. The lowest BCUT2D eigenvalue weighted by Gasteiger charge is -2.03. The van der Waals surface area contributed by atoms with Gasteiger partial charge < -0.3 is 4.52 Å². The molecule has 0 aromatic carbocycles. The lowest BCUT2D eigenvalue weighted by molar-refractivity contribution is 0.350. The summed E-state index contributed by atoms with van der Waals surface area (Å²) >= 11 is 8.06. The lowest BCUT2D eigenvalue weighted by atomic mass is 10.2. The van der Waals surface area contributed by atoms with Crippen LogP contribution in [0.1, 0.15) is 32.6 Å². The molecule has 0 aromatic heterocycles. The third-order valence-electron chi connectivity index (χ3n) is 1.20. The Morgan fingerprint density at radius 2 is 1.90 bits per heavy atom. The van der Waals surface area contributed by atoms with Gasteiger partial charge in [-0.1, -0.05) is 26.2 Å². The van der Waals surface area contributed by atoms with Gasteiger partial charge in [-0.2, -0.15) is 0 Å². The van der Waals surface area contributed by atoms with Crippen LogP contribution in [-0.4, -0.2) is 6.61 Å². The van der Waals surface area contributed by atoms with Crippen molar-refractivity contribution in [1.29, 1.82) is 0 Å². The summed E-state index contributed by atoms with van der Waals surface area (Å²) in [6.07, 6.45) is 4.99. The van der Waals surface area contributed by atoms with Gasteiger partial charge in [-0.05, 0) is 6.42 Å². The molecule has 1 nitrogen and oxygen atoms in total. The number of rotatable bonds is 6. The summed E-state index contributed by atoms with van der Waals surface area (Å²) in [5, 5.41) is 0. The third-order valence-corrected chi connectivity index (χ3v) is 2.31. The first kappa shape index (κ1) is 11.1. The van der Waals surface area contributed by atoms with Gasteiger partial charge in [0.2, 0.25) is 0 Å². The van der Waals surface area contributed by atoms with Crippen LogP contribution in [0.15, 0.2) is 0 Å². The van der Waals surface area contributed by atoms with E-state index in [9.17, 15) is 0 Å². The van der Waals surface area contributed by atoms with Gasteiger partial charge in [0.15, 0.2) is 0 Å². The van der Waals surface area contributed by atoms with Crippen molar-refractivity contribution in [2.75, 3.05) is 6.61 Å². The van der Waals surface area contributed by atoms with E-state index in [1.165, 1.54) is 19.3 Å². The first-order valence-corrected chi connectivity index (χ1v) is 7.14. The highest BCUT2D eigenvalue weighted by molar-refractivity contribution is 8.76.